The molecule has 0 bridgehead atoms. The highest BCUT2D eigenvalue weighted by molar-refractivity contribution is 5.22. The summed E-state index contributed by atoms with van der Waals surface area (Å²) in [4.78, 5) is 3.41. The Bertz CT molecular complexity index is 297. The van der Waals surface area contributed by atoms with Gasteiger partial charge < -0.3 is 0 Å². The monoisotopic (exact) mass is 175 g/mol. The Morgan fingerprint density at radius 2 is 1.92 bits per heavy atom. The Morgan fingerprint density at radius 1 is 1.33 bits per heavy atom. The predicted molar refractivity (Wildman–Crippen MR) is 38.6 cm³/mol. The second-order valence-electron chi connectivity index (χ2n) is 2.58. The summed E-state index contributed by atoms with van der Waals surface area (Å²) in [7, 11) is 0. The van der Waals surface area contributed by atoms with Gasteiger partial charge in [-0.15, -0.1) is 0 Å². The molecule has 0 saturated carbocycles. The van der Waals surface area contributed by atoms with Crippen molar-refractivity contribution in [2.45, 2.75) is 20.3 Å². The van der Waals surface area contributed by atoms with Gasteiger partial charge in [0.15, 0.2) is 5.82 Å². The van der Waals surface area contributed by atoms with Crippen molar-refractivity contribution in [3.05, 3.63) is 28.8 Å². The second kappa shape index (κ2) is 3.13. The molecule has 0 aromatic carbocycles. The Hall–Kier alpha value is -1.06. The minimum atomic E-state index is -2.84. The number of rotatable bonds is 1. The molecule has 1 aromatic heterocycles. The largest absolute Gasteiger partial charge is 0.283 e. The quantitative estimate of drug-likeness (QED) is 0.639. The molecule has 1 rings (SSSR count). The zero-order valence-electron chi connectivity index (χ0n) is 6.74. The minimum Gasteiger partial charge on any atom is -0.249 e. The first-order chi connectivity index (χ1) is 5.52. The number of hydrogen-bond acceptors (Lipinski definition) is 1. The smallest absolute Gasteiger partial charge is 0.249 e. The van der Waals surface area contributed by atoms with Crippen molar-refractivity contribution >= 4 is 0 Å². The van der Waals surface area contributed by atoms with E-state index in [9.17, 15) is 13.2 Å². The Morgan fingerprint density at radius 3 is 2.42 bits per heavy atom. The lowest BCUT2D eigenvalue weighted by molar-refractivity contribution is 0.140. The van der Waals surface area contributed by atoms with Gasteiger partial charge in [-0.2, -0.15) is 0 Å². The molecule has 0 amide bonds. The Labute approximate surface area is 68.2 Å². The number of nitrogens with zero attached hydrogens (tertiary/aromatic N) is 1. The fourth-order valence-corrected chi connectivity index (χ4v) is 0.995. The summed E-state index contributed by atoms with van der Waals surface area (Å²) in [5.74, 6) is -0.907. The van der Waals surface area contributed by atoms with Crippen LogP contribution in [0.25, 0.3) is 0 Å². The van der Waals surface area contributed by atoms with Crippen molar-refractivity contribution in [1.82, 2.24) is 4.98 Å². The average Bonchev–Trinajstić information content (AvgIpc) is 1.96. The van der Waals surface area contributed by atoms with Gasteiger partial charge in [-0.1, -0.05) is 0 Å². The Balaban J connectivity index is 3.28. The van der Waals surface area contributed by atoms with E-state index in [0.29, 0.717) is 5.69 Å². The van der Waals surface area contributed by atoms with E-state index >= 15 is 0 Å². The van der Waals surface area contributed by atoms with Crippen LogP contribution >= 0.6 is 0 Å². The van der Waals surface area contributed by atoms with Gasteiger partial charge in [-0.25, -0.2) is 18.2 Å². The minimum absolute atomic E-state index is 0.206. The van der Waals surface area contributed by atoms with Crippen LogP contribution in [-0.4, -0.2) is 4.98 Å². The van der Waals surface area contributed by atoms with Crippen LogP contribution in [0.5, 0.6) is 0 Å². The first-order valence-electron chi connectivity index (χ1n) is 3.44. The van der Waals surface area contributed by atoms with E-state index in [-0.39, 0.29) is 5.56 Å². The molecule has 0 unspecified atom stereocenters. The zero-order chi connectivity index (χ0) is 9.30. The number of pyridine rings is 1. The maximum absolute atomic E-state index is 12.9. The van der Waals surface area contributed by atoms with Crippen LogP contribution in [0.1, 0.15) is 23.4 Å². The molecule has 1 nitrogen and oxygen atoms in total. The lowest BCUT2D eigenvalue weighted by Crippen LogP contribution is -2.00. The third-order valence-electron chi connectivity index (χ3n) is 1.50. The number of halogens is 3. The van der Waals surface area contributed by atoms with Crippen LogP contribution in [0.15, 0.2) is 6.07 Å². The lowest BCUT2D eigenvalue weighted by atomic mass is 10.2. The van der Waals surface area contributed by atoms with E-state index in [4.69, 9.17) is 0 Å². The summed E-state index contributed by atoms with van der Waals surface area (Å²) in [6.45, 7) is 2.99. The summed E-state index contributed by atoms with van der Waals surface area (Å²) >= 11 is 0. The number of aromatic nitrogens is 1. The van der Waals surface area contributed by atoms with Crippen molar-refractivity contribution < 1.29 is 13.2 Å². The summed E-state index contributed by atoms with van der Waals surface area (Å²) in [5, 5.41) is 0. The number of alkyl halides is 2. The molecule has 1 heterocycles. The summed E-state index contributed by atoms with van der Waals surface area (Å²) in [6, 6.07) is 1.43. The van der Waals surface area contributed by atoms with Gasteiger partial charge in [0.05, 0.1) is 0 Å². The zero-order valence-corrected chi connectivity index (χ0v) is 6.74. The van der Waals surface area contributed by atoms with E-state index in [2.05, 4.69) is 4.98 Å². The number of hydrogen-bond donors (Lipinski definition) is 0. The van der Waals surface area contributed by atoms with Crippen molar-refractivity contribution in [1.29, 1.82) is 0 Å². The molecule has 0 aliphatic heterocycles. The van der Waals surface area contributed by atoms with Gasteiger partial charge in [0, 0.05) is 5.69 Å². The molecule has 4 heteroatoms. The normalized spacial score (nSPS) is 10.8. The van der Waals surface area contributed by atoms with E-state index in [1.807, 2.05) is 0 Å². The van der Waals surface area contributed by atoms with Crippen molar-refractivity contribution in [3.8, 4) is 0 Å². The predicted octanol–water partition coefficient (Wildman–Crippen LogP) is 2.78. The van der Waals surface area contributed by atoms with Gasteiger partial charge in [0.1, 0.15) is 5.69 Å². The van der Waals surface area contributed by atoms with Gasteiger partial charge in [0.25, 0.3) is 6.43 Å². The molecule has 0 aliphatic rings. The fourth-order valence-electron chi connectivity index (χ4n) is 0.995. The summed E-state index contributed by atoms with van der Waals surface area (Å²) < 4.78 is 37.1. The van der Waals surface area contributed by atoms with E-state index in [1.165, 1.54) is 13.0 Å². The van der Waals surface area contributed by atoms with Crippen LogP contribution in [0.2, 0.25) is 0 Å². The molecule has 1 aromatic rings. The number of aryl methyl sites for hydroxylation is 2. The Kier molecular flexibility index (Phi) is 2.35. The van der Waals surface area contributed by atoms with E-state index < -0.39 is 17.9 Å². The van der Waals surface area contributed by atoms with Gasteiger partial charge in [0.2, 0.25) is 0 Å². The van der Waals surface area contributed by atoms with Crippen molar-refractivity contribution in [2.24, 2.45) is 0 Å². The summed E-state index contributed by atoms with van der Waals surface area (Å²) in [6.07, 6.45) is -2.84. The van der Waals surface area contributed by atoms with Crippen LogP contribution in [0.3, 0.4) is 0 Å². The first kappa shape index (κ1) is 9.03. The molecule has 0 atom stereocenters. The first-order valence-corrected chi connectivity index (χ1v) is 3.44. The van der Waals surface area contributed by atoms with Crippen LogP contribution in [0, 0.1) is 19.7 Å². The molecule has 0 spiro atoms. The van der Waals surface area contributed by atoms with E-state index in [1.54, 1.807) is 6.92 Å². The van der Waals surface area contributed by atoms with Crippen LogP contribution in [0.4, 0.5) is 13.2 Å². The maximum Gasteiger partial charge on any atom is 0.283 e. The molecular weight excluding hydrogens is 167 g/mol. The second-order valence-corrected chi connectivity index (χ2v) is 2.58. The highest BCUT2D eigenvalue weighted by atomic mass is 19.3. The van der Waals surface area contributed by atoms with Gasteiger partial charge in [-0.05, 0) is 25.5 Å². The van der Waals surface area contributed by atoms with Crippen molar-refractivity contribution in [3.63, 3.8) is 0 Å². The SMILES string of the molecule is Cc1cc(C)c(F)c(C(F)F)n1. The van der Waals surface area contributed by atoms with E-state index in [0.717, 1.165) is 0 Å². The van der Waals surface area contributed by atoms with Crippen LogP contribution < -0.4 is 0 Å². The van der Waals surface area contributed by atoms with Crippen molar-refractivity contribution in [2.75, 3.05) is 0 Å². The molecule has 0 fully saturated rings. The molecule has 12 heavy (non-hydrogen) atoms. The molecule has 0 saturated heterocycles. The summed E-state index contributed by atoms with van der Waals surface area (Å²) in [5.41, 5.74) is -0.144. The molecular formula is C8H8F3N. The van der Waals surface area contributed by atoms with Gasteiger partial charge in [-0.3, -0.25) is 0 Å². The van der Waals surface area contributed by atoms with Crippen LogP contribution in [-0.2, 0) is 0 Å². The third-order valence-corrected chi connectivity index (χ3v) is 1.50. The highest BCUT2D eigenvalue weighted by Gasteiger charge is 2.17. The average molecular weight is 175 g/mol. The standard InChI is InChI=1S/C8H8F3N/c1-4-3-5(2)12-7(6(4)9)8(10)11/h3,8H,1-2H3. The highest BCUT2D eigenvalue weighted by Crippen LogP contribution is 2.22. The lowest BCUT2D eigenvalue weighted by Gasteiger charge is -2.04. The topological polar surface area (TPSA) is 12.9 Å². The van der Waals surface area contributed by atoms with Gasteiger partial charge >= 0.3 is 0 Å². The molecule has 0 radical (unpaired) electrons. The maximum atomic E-state index is 12.9. The molecule has 0 aliphatic carbocycles. The third kappa shape index (κ3) is 1.57. The molecule has 0 N–H and O–H groups in total. The fraction of sp³-hybridized carbons (Fsp3) is 0.375. The molecule has 66 valence electrons.